The number of halogens is 1. The molecule has 2 amide bonds. The fourth-order valence-corrected chi connectivity index (χ4v) is 3.00. The van der Waals surface area contributed by atoms with Gasteiger partial charge in [0.05, 0.1) is 24.0 Å². The lowest BCUT2D eigenvalue weighted by molar-refractivity contribution is 0.200. The van der Waals surface area contributed by atoms with Gasteiger partial charge in [0.1, 0.15) is 5.67 Å². The van der Waals surface area contributed by atoms with E-state index in [0.29, 0.717) is 12.3 Å². The van der Waals surface area contributed by atoms with Crippen LogP contribution < -0.4 is 16.0 Å². The van der Waals surface area contributed by atoms with Crippen molar-refractivity contribution in [1.29, 1.82) is 0 Å². The van der Waals surface area contributed by atoms with E-state index in [4.69, 9.17) is 4.74 Å². The highest BCUT2D eigenvalue weighted by Gasteiger charge is 2.15. The Morgan fingerprint density at radius 1 is 1.16 bits per heavy atom. The van der Waals surface area contributed by atoms with Crippen molar-refractivity contribution in [2.75, 3.05) is 30.9 Å². The third kappa shape index (κ3) is 7.02. The Morgan fingerprint density at radius 2 is 1.91 bits per heavy atom. The molecule has 0 atom stereocenters. The number of rotatable bonds is 9. The second-order valence-corrected chi connectivity index (χ2v) is 7.94. The summed E-state index contributed by atoms with van der Waals surface area (Å²) < 4.78 is 18.5. The van der Waals surface area contributed by atoms with E-state index in [1.807, 2.05) is 42.5 Å². The number of hydrogen-bond acceptors (Lipinski definition) is 5. The first-order chi connectivity index (χ1) is 15.3. The molecule has 0 saturated heterocycles. The number of carbonyl (C=O) groups is 1. The summed E-state index contributed by atoms with van der Waals surface area (Å²) in [5.74, 6) is 0. The van der Waals surface area contributed by atoms with Gasteiger partial charge in [-0.15, -0.1) is 0 Å². The summed E-state index contributed by atoms with van der Waals surface area (Å²) >= 11 is 0. The number of amides is 2. The Labute approximate surface area is 187 Å². The number of urea groups is 1. The van der Waals surface area contributed by atoms with Gasteiger partial charge in [0.2, 0.25) is 0 Å². The molecule has 0 aliphatic rings. The number of benzene rings is 2. The van der Waals surface area contributed by atoms with Crippen molar-refractivity contribution >= 4 is 40.1 Å². The monoisotopic (exact) mass is 437 g/mol. The molecule has 1 heterocycles. The standard InChI is InChI=1S/C24H28FN5O2/c1-24(2,25)12-13-26-23(31)29-19-9-7-18(8-10-19)28-22-16-27-30-21-15-17(5-4-14-32-3)6-11-20(21)22/h4-11,15-16H,12-14H2,1-3H3,(H,28,30)(H2,26,29,31)/b5-4+. The molecule has 0 fully saturated rings. The number of nitrogens with one attached hydrogen (secondary N) is 3. The Hall–Kier alpha value is -3.52. The van der Waals surface area contributed by atoms with Crippen LogP contribution in [0.2, 0.25) is 0 Å². The molecule has 32 heavy (non-hydrogen) atoms. The summed E-state index contributed by atoms with van der Waals surface area (Å²) in [5.41, 5.74) is 2.79. The summed E-state index contributed by atoms with van der Waals surface area (Å²) in [6.45, 7) is 3.78. The lowest BCUT2D eigenvalue weighted by Gasteiger charge is -2.14. The third-order valence-electron chi connectivity index (χ3n) is 4.66. The number of fused-ring (bicyclic) bond motifs is 1. The number of anilines is 3. The lowest BCUT2D eigenvalue weighted by atomic mass is 10.1. The summed E-state index contributed by atoms with van der Waals surface area (Å²) in [7, 11) is 1.65. The van der Waals surface area contributed by atoms with E-state index >= 15 is 0 Å². The van der Waals surface area contributed by atoms with E-state index in [2.05, 4.69) is 26.1 Å². The molecule has 7 nitrogen and oxygen atoms in total. The van der Waals surface area contributed by atoms with Gasteiger partial charge < -0.3 is 20.7 Å². The first-order valence-electron chi connectivity index (χ1n) is 10.4. The van der Waals surface area contributed by atoms with Gasteiger partial charge in [-0.05, 0) is 62.2 Å². The fourth-order valence-electron chi connectivity index (χ4n) is 3.00. The molecule has 0 spiro atoms. The Kier molecular flexibility index (Phi) is 7.72. The van der Waals surface area contributed by atoms with Crippen LogP contribution in [0, 0.1) is 0 Å². The van der Waals surface area contributed by atoms with Crippen LogP contribution in [0.1, 0.15) is 25.8 Å². The molecule has 3 aromatic rings. The van der Waals surface area contributed by atoms with Gasteiger partial charge in [-0.3, -0.25) is 0 Å². The molecule has 3 rings (SSSR count). The van der Waals surface area contributed by atoms with Gasteiger partial charge in [-0.1, -0.05) is 18.2 Å². The summed E-state index contributed by atoms with van der Waals surface area (Å²) in [6.07, 6.45) is 5.84. The SMILES string of the molecule is COC/C=C/c1ccc2c(Nc3ccc(NC(=O)NCCC(C)(C)F)cc3)cnnc2c1. The molecule has 0 radical (unpaired) electrons. The predicted molar refractivity (Wildman–Crippen MR) is 127 cm³/mol. The van der Waals surface area contributed by atoms with Crippen LogP contribution in [0.3, 0.4) is 0 Å². The maximum atomic E-state index is 13.5. The van der Waals surface area contributed by atoms with Crippen LogP contribution in [0.25, 0.3) is 17.0 Å². The van der Waals surface area contributed by atoms with Crippen molar-refractivity contribution in [2.24, 2.45) is 0 Å². The molecule has 168 valence electrons. The summed E-state index contributed by atoms with van der Waals surface area (Å²) in [6, 6.07) is 12.9. The molecule has 0 unspecified atom stereocenters. The summed E-state index contributed by atoms with van der Waals surface area (Å²) in [4.78, 5) is 11.9. The van der Waals surface area contributed by atoms with Crippen molar-refractivity contribution in [3.63, 3.8) is 0 Å². The Bertz CT molecular complexity index is 1080. The van der Waals surface area contributed by atoms with Crippen LogP contribution in [0.5, 0.6) is 0 Å². The smallest absolute Gasteiger partial charge is 0.319 e. The number of hydrogen-bond donors (Lipinski definition) is 3. The van der Waals surface area contributed by atoms with Gasteiger partial charge in [0.25, 0.3) is 0 Å². The minimum atomic E-state index is -1.31. The van der Waals surface area contributed by atoms with Crippen LogP contribution in [0.15, 0.2) is 54.7 Å². The van der Waals surface area contributed by atoms with E-state index in [1.165, 1.54) is 13.8 Å². The highest BCUT2D eigenvalue weighted by atomic mass is 19.1. The first-order valence-corrected chi connectivity index (χ1v) is 10.4. The van der Waals surface area contributed by atoms with Crippen molar-refractivity contribution in [3.05, 3.63) is 60.3 Å². The Morgan fingerprint density at radius 3 is 2.62 bits per heavy atom. The first kappa shape index (κ1) is 23.1. The molecular formula is C24H28FN5O2. The zero-order valence-corrected chi connectivity index (χ0v) is 18.5. The maximum Gasteiger partial charge on any atom is 0.319 e. The normalized spacial score (nSPS) is 11.6. The number of nitrogens with zero attached hydrogens (tertiary/aromatic N) is 2. The van der Waals surface area contributed by atoms with Crippen LogP contribution in [-0.2, 0) is 4.74 Å². The number of methoxy groups -OCH3 is 1. The largest absolute Gasteiger partial charge is 0.381 e. The molecule has 8 heteroatoms. The number of alkyl halides is 1. The van der Waals surface area contributed by atoms with E-state index in [0.717, 1.165) is 27.8 Å². The van der Waals surface area contributed by atoms with E-state index in [9.17, 15) is 9.18 Å². The molecule has 0 aliphatic heterocycles. The number of aromatic nitrogens is 2. The second kappa shape index (κ2) is 10.7. The van der Waals surface area contributed by atoms with Crippen molar-refractivity contribution in [2.45, 2.75) is 25.9 Å². The molecule has 0 bridgehead atoms. The number of carbonyl (C=O) groups excluding carboxylic acids is 1. The highest BCUT2D eigenvalue weighted by molar-refractivity contribution is 5.93. The lowest BCUT2D eigenvalue weighted by Crippen LogP contribution is -2.32. The minimum Gasteiger partial charge on any atom is -0.381 e. The average Bonchev–Trinajstić information content (AvgIpc) is 2.74. The molecule has 2 aromatic carbocycles. The van der Waals surface area contributed by atoms with Gasteiger partial charge in [-0.25, -0.2) is 9.18 Å². The van der Waals surface area contributed by atoms with Crippen LogP contribution in [-0.4, -0.2) is 42.2 Å². The van der Waals surface area contributed by atoms with E-state index in [1.54, 1.807) is 25.4 Å². The van der Waals surface area contributed by atoms with Gasteiger partial charge in [0, 0.05) is 30.4 Å². The topological polar surface area (TPSA) is 88.2 Å². The number of ether oxygens (including phenoxy) is 1. The quantitative estimate of drug-likeness (QED) is 0.423. The Balaban J connectivity index is 1.63. The van der Waals surface area contributed by atoms with Gasteiger partial charge in [0.15, 0.2) is 0 Å². The van der Waals surface area contributed by atoms with Gasteiger partial charge in [-0.2, -0.15) is 10.2 Å². The summed E-state index contributed by atoms with van der Waals surface area (Å²) in [5, 5.41) is 18.0. The molecule has 3 N–H and O–H groups in total. The zero-order valence-electron chi connectivity index (χ0n) is 18.5. The second-order valence-electron chi connectivity index (χ2n) is 7.94. The fraction of sp³-hybridized carbons (Fsp3) is 0.292. The van der Waals surface area contributed by atoms with E-state index < -0.39 is 5.67 Å². The molecule has 0 saturated carbocycles. The van der Waals surface area contributed by atoms with Crippen molar-refractivity contribution in [1.82, 2.24) is 15.5 Å². The van der Waals surface area contributed by atoms with Gasteiger partial charge >= 0.3 is 6.03 Å². The minimum absolute atomic E-state index is 0.252. The molecule has 1 aromatic heterocycles. The predicted octanol–water partition coefficient (Wildman–Crippen LogP) is 5.29. The van der Waals surface area contributed by atoms with Crippen molar-refractivity contribution in [3.8, 4) is 0 Å². The average molecular weight is 438 g/mol. The molecular weight excluding hydrogens is 409 g/mol. The maximum absolute atomic E-state index is 13.5. The third-order valence-corrected chi connectivity index (χ3v) is 4.66. The van der Waals surface area contributed by atoms with Crippen molar-refractivity contribution < 1.29 is 13.9 Å². The highest BCUT2D eigenvalue weighted by Crippen LogP contribution is 2.26. The zero-order chi connectivity index (χ0) is 23.0. The van der Waals surface area contributed by atoms with Crippen LogP contribution in [0.4, 0.5) is 26.2 Å². The molecule has 0 aliphatic carbocycles. The van der Waals surface area contributed by atoms with E-state index in [-0.39, 0.29) is 19.0 Å². The van der Waals surface area contributed by atoms with Crippen LogP contribution >= 0.6 is 0 Å².